The van der Waals surface area contributed by atoms with Crippen molar-refractivity contribution in [3.8, 4) is 0 Å². The quantitative estimate of drug-likeness (QED) is 0.829. The van der Waals surface area contributed by atoms with E-state index < -0.39 is 0 Å². The zero-order valence-corrected chi connectivity index (χ0v) is 10.0. The van der Waals surface area contributed by atoms with Gasteiger partial charge >= 0.3 is 0 Å². The maximum Gasteiger partial charge on any atom is 0.196 e. The molecule has 0 radical (unpaired) electrons. The number of carbonyl (C=O) groups excluding carboxylic acids is 1. The average molecular weight is 247 g/mol. The molecule has 0 aliphatic rings. The molecule has 0 bridgehead atoms. The first-order valence-electron chi connectivity index (χ1n) is 5.11. The number of nitrogens with zero attached hydrogens (tertiary/aromatic N) is 1. The van der Waals surface area contributed by atoms with E-state index in [4.69, 9.17) is 17.3 Å². The molecular weight excluding hydrogens is 236 g/mol. The lowest BCUT2D eigenvalue weighted by Gasteiger charge is -2.07. The first-order chi connectivity index (χ1) is 8.09. The maximum absolute atomic E-state index is 12.2. The Morgan fingerprint density at radius 3 is 2.47 bits per heavy atom. The first-order valence-corrected chi connectivity index (χ1v) is 5.48. The first kappa shape index (κ1) is 11.6. The Hall–Kier alpha value is -1.87. The number of ketones is 1. The van der Waals surface area contributed by atoms with Crippen LogP contribution in [-0.4, -0.2) is 10.8 Å². The molecule has 0 atom stereocenters. The van der Waals surface area contributed by atoms with Gasteiger partial charge in [0, 0.05) is 16.8 Å². The lowest BCUT2D eigenvalue weighted by molar-refractivity contribution is 0.103. The van der Waals surface area contributed by atoms with Crippen molar-refractivity contribution in [1.82, 2.24) is 4.98 Å². The molecule has 0 aliphatic heterocycles. The largest absolute Gasteiger partial charge is 0.383 e. The second kappa shape index (κ2) is 4.55. The van der Waals surface area contributed by atoms with E-state index >= 15 is 0 Å². The number of benzene rings is 1. The van der Waals surface area contributed by atoms with Crippen LogP contribution in [0.15, 0.2) is 36.5 Å². The number of pyridine rings is 1. The Bertz CT molecular complexity index is 544. The van der Waals surface area contributed by atoms with Gasteiger partial charge in [-0.05, 0) is 42.8 Å². The van der Waals surface area contributed by atoms with Gasteiger partial charge in [0.2, 0.25) is 0 Å². The van der Waals surface area contributed by atoms with Gasteiger partial charge in [0.25, 0.3) is 0 Å². The molecule has 17 heavy (non-hydrogen) atoms. The third-order valence-corrected chi connectivity index (χ3v) is 2.77. The Balaban J connectivity index is 2.47. The van der Waals surface area contributed by atoms with Crippen LogP contribution in [0.25, 0.3) is 0 Å². The number of aromatic nitrogens is 1. The fourth-order valence-corrected chi connectivity index (χ4v) is 1.75. The topological polar surface area (TPSA) is 56.0 Å². The van der Waals surface area contributed by atoms with Gasteiger partial charge in [-0.25, -0.2) is 4.98 Å². The molecule has 2 N–H and O–H groups in total. The van der Waals surface area contributed by atoms with Gasteiger partial charge in [-0.3, -0.25) is 4.79 Å². The number of halogens is 1. The highest BCUT2D eigenvalue weighted by molar-refractivity contribution is 6.30. The molecule has 0 unspecified atom stereocenters. The molecule has 2 aromatic rings. The molecule has 0 saturated carbocycles. The fourth-order valence-electron chi connectivity index (χ4n) is 1.62. The Morgan fingerprint density at radius 1 is 1.24 bits per heavy atom. The van der Waals surface area contributed by atoms with E-state index in [1.807, 2.05) is 6.92 Å². The highest BCUT2D eigenvalue weighted by atomic mass is 35.5. The van der Waals surface area contributed by atoms with Crippen molar-refractivity contribution in [3.63, 3.8) is 0 Å². The number of rotatable bonds is 2. The minimum Gasteiger partial charge on any atom is -0.383 e. The van der Waals surface area contributed by atoms with Crippen molar-refractivity contribution in [3.05, 3.63) is 58.2 Å². The van der Waals surface area contributed by atoms with E-state index in [1.54, 1.807) is 36.5 Å². The number of nitrogens with two attached hydrogens (primary N) is 1. The number of hydrogen-bond acceptors (Lipinski definition) is 3. The summed E-state index contributed by atoms with van der Waals surface area (Å²) in [6, 6.07) is 8.47. The molecule has 0 spiro atoms. The van der Waals surface area contributed by atoms with Crippen LogP contribution in [0.1, 0.15) is 21.5 Å². The summed E-state index contributed by atoms with van der Waals surface area (Å²) in [6.07, 6.45) is 1.59. The molecule has 86 valence electrons. The van der Waals surface area contributed by atoms with Gasteiger partial charge in [0.05, 0.1) is 5.56 Å². The lowest BCUT2D eigenvalue weighted by atomic mass is 10.0. The summed E-state index contributed by atoms with van der Waals surface area (Å²) < 4.78 is 0. The fraction of sp³-hybridized carbons (Fsp3) is 0.0769. The summed E-state index contributed by atoms with van der Waals surface area (Å²) in [6.45, 7) is 1.83. The van der Waals surface area contributed by atoms with Gasteiger partial charge in [-0.2, -0.15) is 0 Å². The molecule has 1 aromatic carbocycles. The number of hydrogen-bond donors (Lipinski definition) is 1. The van der Waals surface area contributed by atoms with Crippen LogP contribution in [0.2, 0.25) is 5.02 Å². The molecular formula is C13H11ClN2O. The second-order valence-electron chi connectivity index (χ2n) is 3.72. The molecule has 0 amide bonds. The SMILES string of the molecule is Cc1ccnc(N)c1C(=O)c1ccc(Cl)cc1. The Labute approximate surface area is 104 Å². The molecule has 1 aromatic heterocycles. The normalized spacial score (nSPS) is 10.2. The molecule has 0 fully saturated rings. The van der Waals surface area contributed by atoms with Crippen molar-refractivity contribution < 1.29 is 4.79 Å². The minimum atomic E-state index is -0.134. The van der Waals surface area contributed by atoms with Crippen LogP contribution >= 0.6 is 11.6 Å². The van der Waals surface area contributed by atoms with Gasteiger partial charge < -0.3 is 5.73 Å². The van der Waals surface area contributed by atoms with Crippen LogP contribution in [0.3, 0.4) is 0 Å². The molecule has 1 heterocycles. The Kier molecular flexibility index (Phi) is 3.11. The van der Waals surface area contributed by atoms with Gasteiger partial charge in [-0.15, -0.1) is 0 Å². The van der Waals surface area contributed by atoms with Crippen molar-refractivity contribution in [2.45, 2.75) is 6.92 Å². The van der Waals surface area contributed by atoms with Gasteiger partial charge in [0.1, 0.15) is 5.82 Å². The predicted octanol–water partition coefficient (Wildman–Crippen LogP) is 2.86. The number of carbonyl (C=O) groups is 1. The maximum atomic E-state index is 12.2. The molecule has 0 aliphatic carbocycles. The second-order valence-corrected chi connectivity index (χ2v) is 4.16. The third-order valence-electron chi connectivity index (χ3n) is 2.52. The molecule has 4 heteroatoms. The summed E-state index contributed by atoms with van der Waals surface area (Å²) in [7, 11) is 0. The standard InChI is InChI=1S/C13H11ClN2O/c1-8-6-7-16-13(15)11(8)12(17)9-2-4-10(14)5-3-9/h2-7H,1H3,(H2,15,16). The van der Waals surface area contributed by atoms with Crippen LogP contribution in [0.5, 0.6) is 0 Å². The number of aryl methyl sites for hydroxylation is 1. The molecule has 2 rings (SSSR count). The van der Waals surface area contributed by atoms with E-state index in [2.05, 4.69) is 4.98 Å². The van der Waals surface area contributed by atoms with Crippen LogP contribution < -0.4 is 5.73 Å². The van der Waals surface area contributed by atoms with Crippen molar-refractivity contribution in [2.24, 2.45) is 0 Å². The van der Waals surface area contributed by atoms with Gasteiger partial charge in [-0.1, -0.05) is 11.6 Å². The number of nitrogen functional groups attached to an aromatic ring is 1. The van der Waals surface area contributed by atoms with Crippen molar-refractivity contribution in [1.29, 1.82) is 0 Å². The van der Waals surface area contributed by atoms with E-state index in [1.165, 1.54) is 0 Å². The van der Waals surface area contributed by atoms with E-state index in [-0.39, 0.29) is 11.6 Å². The molecule has 0 saturated heterocycles. The Morgan fingerprint density at radius 2 is 1.88 bits per heavy atom. The van der Waals surface area contributed by atoms with E-state index in [0.717, 1.165) is 5.56 Å². The third kappa shape index (κ3) is 2.29. The highest BCUT2D eigenvalue weighted by Gasteiger charge is 2.15. The lowest BCUT2D eigenvalue weighted by Crippen LogP contribution is -2.09. The van der Waals surface area contributed by atoms with Crippen LogP contribution in [-0.2, 0) is 0 Å². The highest BCUT2D eigenvalue weighted by Crippen LogP contribution is 2.19. The average Bonchev–Trinajstić information content (AvgIpc) is 2.29. The monoisotopic (exact) mass is 246 g/mol. The van der Waals surface area contributed by atoms with Crippen LogP contribution in [0, 0.1) is 6.92 Å². The summed E-state index contributed by atoms with van der Waals surface area (Å²) in [5, 5.41) is 0.595. The minimum absolute atomic E-state index is 0.134. The van der Waals surface area contributed by atoms with Crippen LogP contribution in [0.4, 0.5) is 5.82 Å². The zero-order chi connectivity index (χ0) is 12.4. The van der Waals surface area contributed by atoms with Crippen molar-refractivity contribution in [2.75, 3.05) is 5.73 Å². The van der Waals surface area contributed by atoms with E-state index in [9.17, 15) is 4.79 Å². The van der Waals surface area contributed by atoms with E-state index in [0.29, 0.717) is 16.1 Å². The summed E-state index contributed by atoms with van der Waals surface area (Å²) in [5.41, 5.74) is 7.56. The summed E-state index contributed by atoms with van der Waals surface area (Å²) >= 11 is 5.78. The van der Waals surface area contributed by atoms with Gasteiger partial charge in [0.15, 0.2) is 5.78 Å². The summed E-state index contributed by atoms with van der Waals surface area (Å²) in [5.74, 6) is 0.120. The van der Waals surface area contributed by atoms with Crippen molar-refractivity contribution >= 4 is 23.2 Å². The molecule has 3 nitrogen and oxygen atoms in total. The smallest absolute Gasteiger partial charge is 0.196 e. The number of anilines is 1. The summed E-state index contributed by atoms with van der Waals surface area (Å²) in [4.78, 5) is 16.2. The predicted molar refractivity (Wildman–Crippen MR) is 68.3 cm³/mol. The zero-order valence-electron chi connectivity index (χ0n) is 9.27.